The van der Waals surface area contributed by atoms with E-state index in [4.69, 9.17) is 9.52 Å². The van der Waals surface area contributed by atoms with E-state index in [0.29, 0.717) is 5.76 Å². The van der Waals surface area contributed by atoms with E-state index in [1.54, 1.807) is 11.8 Å². The first kappa shape index (κ1) is 24.4. The van der Waals surface area contributed by atoms with Gasteiger partial charge in [-0.15, -0.1) is 0 Å². The molecule has 0 saturated carbocycles. The predicted octanol–water partition coefficient (Wildman–Crippen LogP) is 2.84. The number of likely N-dealkylation sites (N-methyl/N-ethyl adjacent to an activating group) is 1. The molecular formula is C24H25N3O7S. The van der Waals surface area contributed by atoms with Gasteiger partial charge in [0.1, 0.15) is 29.4 Å². The summed E-state index contributed by atoms with van der Waals surface area (Å²) >= 11 is 1.77. The Morgan fingerprint density at radius 1 is 1.20 bits per heavy atom. The Kier molecular flexibility index (Phi) is 6.88. The quantitative estimate of drug-likeness (QED) is 0.256. The standard InChI is InChI=1S/C24H25N3O7S/c1-12-8-9-15(34-12)18(16-7-4-10-35-16)26-20-19(22(31)23(20)32)25-14-6-3-5-13(21(14)30)24(33)27(2)11-17(28)29/h3,5-6,8-9,16,18,25-26,30H,4,7,10-11H2,1-2H3,(H,28,29). The first-order valence-electron chi connectivity index (χ1n) is 11.0. The summed E-state index contributed by atoms with van der Waals surface area (Å²) in [5, 5.41) is 25.7. The van der Waals surface area contributed by atoms with Crippen LogP contribution in [0, 0.1) is 6.92 Å². The molecule has 2 aromatic carbocycles. The number of carboxylic acid groups (broad SMARTS) is 1. The number of hydrogen-bond acceptors (Lipinski definition) is 9. The maximum atomic E-state index is 12.6. The number of benzene rings is 1. The van der Waals surface area contributed by atoms with Crippen LogP contribution in [0.5, 0.6) is 5.75 Å². The number of furan rings is 1. The SMILES string of the molecule is Cc1ccc(C(Nc2c(Nc3cccc(C(=O)N(C)CC(=O)O)c3O)c(=O)c2=O)C2CCCS2)o1. The first-order valence-corrected chi connectivity index (χ1v) is 12.1. The zero-order valence-electron chi connectivity index (χ0n) is 19.2. The Labute approximate surface area is 204 Å². The van der Waals surface area contributed by atoms with Crippen molar-refractivity contribution in [3.05, 3.63) is 67.9 Å². The van der Waals surface area contributed by atoms with Crippen molar-refractivity contribution in [2.24, 2.45) is 0 Å². The maximum absolute atomic E-state index is 12.6. The van der Waals surface area contributed by atoms with Crippen molar-refractivity contribution < 1.29 is 24.2 Å². The predicted molar refractivity (Wildman–Crippen MR) is 133 cm³/mol. The number of para-hydroxylation sites is 1. The number of phenols is 1. The van der Waals surface area contributed by atoms with Crippen molar-refractivity contribution in [1.29, 1.82) is 0 Å². The van der Waals surface area contributed by atoms with Crippen molar-refractivity contribution in [2.45, 2.75) is 31.1 Å². The number of nitrogens with zero attached hydrogens (tertiary/aromatic N) is 1. The van der Waals surface area contributed by atoms with E-state index in [-0.39, 0.29) is 33.9 Å². The van der Waals surface area contributed by atoms with Crippen LogP contribution < -0.4 is 21.5 Å². The minimum absolute atomic E-state index is 0.0231. The smallest absolute Gasteiger partial charge is 0.323 e. The van der Waals surface area contributed by atoms with E-state index in [1.807, 2.05) is 19.1 Å². The fraction of sp³-hybridized carbons (Fsp3) is 0.333. The van der Waals surface area contributed by atoms with E-state index >= 15 is 0 Å². The van der Waals surface area contributed by atoms with Gasteiger partial charge < -0.3 is 30.2 Å². The number of amides is 1. The molecule has 2 heterocycles. The van der Waals surface area contributed by atoms with Crippen LogP contribution in [-0.2, 0) is 4.79 Å². The molecular weight excluding hydrogens is 474 g/mol. The number of anilines is 3. The van der Waals surface area contributed by atoms with Gasteiger partial charge >= 0.3 is 5.97 Å². The van der Waals surface area contributed by atoms with E-state index in [9.17, 15) is 24.3 Å². The second-order valence-corrected chi connectivity index (χ2v) is 9.76. The highest BCUT2D eigenvalue weighted by atomic mass is 32.2. The third-order valence-corrected chi connectivity index (χ3v) is 7.32. The molecule has 35 heavy (non-hydrogen) atoms. The summed E-state index contributed by atoms with van der Waals surface area (Å²) in [5.74, 6) is 0.0256. The fourth-order valence-electron chi connectivity index (χ4n) is 4.07. The van der Waals surface area contributed by atoms with E-state index in [1.165, 1.54) is 25.2 Å². The molecule has 0 aliphatic carbocycles. The number of hydrogen-bond donors (Lipinski definition) is 4. The molecule has 0 spiro atoms. The van der Waals surface area contributed by atoms with Gasteiger partial charge in [0, 0.05) is 12.3 Å². The molecule has 1 aliphatic heterocycles. The van der Waals surface area contributed by atoms with Crippen molar-refractivity contribution in [1.82, 2.24) is 4.90 Å². The van der Waals surface area contributed by atoms with Crippen LogP contribution in [0.1, 0.15) is 40.8 Å². The number of aromatic hydroxyl groups is 1. The number of thioether (sulfide) groups is 1. The van der Waals surface area contributed by atoms with Gasteiger partial charge in [0.05, 0.1) is 17.3 Å². The minimum Gasteiger partial charge on any atom is -0.505 e. The fourth-order valence-corrected chi connectivity index (χ4v) is 5.43. The highest BCUT2D eigenvalue weighted by Crippen LogP contribution is 2.40. The minimum atomic E-state index is -1.20. The molecule has 2 atom stereocenters. The van der Waals surface area contributed by atoms with Gasteiger partial charge in [0.2, 0.25) is 0 Å². The van der Waals surface area contributed by atoms with Gasteiger partial charge in [-0.05, 0) is 49.8 Å². The normalized spacial score (nSPS) is 16.2. The molecule has 0 radical (unpaired) electrons. The van der Waals surface area contributed by atoms with Gasteiger partial charge in [0.15, 0.2) is 5.75 Å². The Balaban J connectivity index is 1.61. The number of aryl methyl sites for hydroxylation is 1. The Morgan fingerprint density at radius 3 is 2.57 bits per heavy atom. The second kappa shape index (κ2) is 9.87. The zero-order valence-corrected chi connectivity index (χ0v) is 20.0. The molecule has 1 saturated heterocycles. The van der Waals surface area contributed by atoms with E-state index in [0.717, 1.165) is 29.3 Å². The van der Waals surface area contributed by atoms with Crippen LogP contribution in [0.2, 0.25) is 0 Å². The number of carboxylic acids is 1. The molecule has 4 rings (SSSR count). The molecule has 2 unspecified atom stereocenters. The number of carbonyl (C=O) groups excluding carboxylic acids is 1. The largest absolute Gasteiger partial charge is 0.505 e. The molecule has 1 aliphatic rings. The third-order valence-electron chi connectivity index (χ3n) is 5.86. The number of nitrogens with one attached hydrogen (secondary N) is 2. The summed E-state index contributed by atoms with van der Waals surface area (Å²) < 4.78 is 5.82. The number of carbonyl (C=O) groups is 2. The van der Waals surface area contributed by atoms with Crippen LogP contribution in [-0.4, -0.2) is 51.6 Å². The highest BCUT2D eigenvalue weighted by Gasteiger charge is 2.33. The third kappa shape index (κ3) is 4.90. The van der Waals surface area contributed by atoms with Crippen LogP contribution in [0.4, 0.5) is 17.1 Å². The van der Waals surface area contributed by atoms with Crippen molar-refractivity contribution in [3.63, 3.8) is 0 Å². The van der Waals surface area contributed by atoms with Crippen LogP contribution in [0.15, 0.2) is 44.3 Å². The van der Waals surface area contributed by atoms with Crippen molar-refractivity contribution in [3.8, 4) is 5.75 Å². The summed E-state index contributed by atoms with van der Waals surface area (Å²) in [4.78, 5) is 49.3. The highest BCUT2D eigenvalue weighted by molar-refractivity contribution is 8.00. The van der Waals surface area contributed by atoms with E-state index < -0.39 is 35.0 Å². The van der Waals surface area contributed by atoms with Crippen LogP contribution in [0.3, 0.4) is 0 Å². The lowest BCUT2D eigenvalue weighted by Gasteiger charge is -2.25. The molecule has 11 heteroatoms. The van der Waals surface area contributed by atoms with E-state index in [2.05, 4.69) is 10.6 Å². The summed E-state index contributed by atoms with van der Waals surface area (Å²) in [6.07, 6.45) is 1.96. The lowest BCUT2D eigenvalue weighted by Crippen LogP contribution is -2.38. The lowest BCUT2D eigenvalue weighted by molar-refractivity contribution is -0.137. The number of aliphatic carboxylic acids is 1. The average molecular weight is 500 g/mol. The van der Waals surface area contributed by atoms with Crippen molar-refractivity contribution >= 4 is 40.7 Å². The molecule has 4 N–H and O–H groups in total. The molecule has 3 aromatic rings. The Morgan fingerprint density at radius 2 is 1.94 bits per heavy atom. The topological polar surface area (TPSA) is 149 Å². The Bertz CT molecular complexity index is 1340. The maximum Gasteiger partial charge on any atom is 0.323 e. The van der Waals surface area contributed by atoms with Gasteiger partial charge in [-0.3, -0.25) is 19.2 Å². The number of phenolic OH excluding ortho intramolecular Hbond substituents is 1. The first-order chi connectivity index (χ1) is 16.7. The summed E-state index contributed by atoms with van der Waals surface area (Å²) in [7, 11) is 1.30. The van der Waals surface area contributed by atoms with Gasteiger partial charge in [-0.25, -0.2) is 0 Å². The average Bonchev–Trinajstić information content (AvgIpc) is 3.50. The molecule has 1 fully saturated rings. The summed E-state index contributed by atoms with van der Waals surface area (Å²) in [6.45, 7) is 1.28. The van der Waals surface area contributed by atoms with Gasteiger partial charge in [-0.2, -0.15) is 11.8 Å². The van der Waals surface area contributed by atoms with Crippen LogP contribution in [0.25, 0.3) is 0 Å². The zero-order chi connectivity index (χ0) is 25.3. The number of rotatable bonds is 9. The monoisotopic (exact) mass is 499 g/mol. The van der Waals surface area contributed by atoms with Crippen LogP contribution >= 0.6 is 11.8 Å². The molecule has 0 bridgehead atoms. The van der Waals surface area contributed by atoms with Crippen molar-refractivity contribution in [2.75, 3.05) is 30.0 Å². The summed E-state index contributed by atoms with van der Waals surface area (Å²) in [5.41, 5.74) is -1.48. The second-order valence-electron chi connectivity index (χ2n) is 8.41. The lowest BCUT2D eigenvalue weighted by atomic mass is 10.0. The van der Waals surface area contributed by atoms with Gasteiger partial charge in [-0.1, -0.05) is 6.07 Å². The molecule has 1 amide bonds. The summed E-state index contributed by atoms with van der Waals surface area (Å²) in [6, 6.07) is 7.63. The van der Waals surface area contributed by atoms with Gasteiger partial charge in [0.25, 0.3) is 16.8 Å². The molecule has 1 aromatic heterocycles. The molecule has 184 valence electrons. The Hall–Kier alpha value is -3.73. The molecule has 10 nitrogen and oxygen atoms in total.